The van der Waals surface area contributed by atoms with E-state index in [-0.39, 0.29) is 27.8 Å². The van der Waals surface area contributed by atoms with E-state index < -0.39 is 23.5 Å². The Balaban J connectivity index is 1.91. The van der Waals surface area contributed by atoms with Crippen LogP contribution < -0.4 is 15.0 Å². The summed E-state index contributed by atoms with van der Waals surface area (Å²) in [5.74, 6) is -1.84. The fraction of sp³-hybridized carbons (Fsp3) is 0.125. The van der Waals surface area contributed by atoms with Crippen LogP contribution in [0.2, 0.25) is 5.02 Å². The molecular formula is C24H19ClN2O6. The van der Waals surface area contributed by atoms with Crippen molar-refractivity contribution in [2.45, 2.75) is 13.0 Å². The summed E-state index contributed by atoms with van der Waals surface area (Å²) in [4.78, 5) is 39.0. The monoisotopic (exact) mass is 466 g/mol. The van der Waals surface area contributed by atoms with Crippen LogP contribution in [0, 0.1) is 0 Å². The highest BCUT2D eigenvalue weighted by Gasteiger charge is 2.48. The van der Waals surface area contributed by atoms with Crippen molar-refractivity contribution in [2.75, 3.05) is 17.3 Å². The van der Waals surface area contributed by atoms with E-state index in [4.69, 9.17) is 20.8 Å². The third-order valence-electron chi connectivity index (χ3n) is 5.13. The zero-order chi connectivity index (χ0) is 23.7. The Kier molecular flexibility index (Phi) is 5.93. The first-order valence-electron chi connectivity index (χ1n) is 9.87. The molecular weight excluding hydrogens is 448 g/mol. The Morgan fingerprint density at radius 1 is 1.15 bits per heavy atom. The molecule has 1 atom stereocenters. The van der Waals surface area contributed by atoms with Gasteiger partial charge in [0, 0.05) is 23.9 Å². The van der Waals surface area contributed by atoms with Crippen LogP contribution >= 0.6 is 11.6 Å². The second kappa shape index (κ2) is 8.84. The molecule has 1 saturated heterocycles. The summed E-state index contributed by atoms with van der Waals surface area (Å²) in [6, 6.07) is 13.2. The molecule has 0 bridgehead atoms. The molecule has 4 rings (SSSR count). The summed E-state index contributed by atoms with van der Waals surface area (Å²) in [7, 11) is 1.46. The fourth-order valence-electron chi connectivity index (χ4n) is 3.71. The van der Waals surface area contributed by atoms with Crippen molar-refractivity contribution in [2.24, 2.45) is 0 Å². The van der Waals surface area contributed by atoms with E-state index >= 15 is 0 Å². The third-order valence-corrected chi connectivity index (χ3v) is 5.46. The van der Waals surface area contributed by atoms with Crippen LogP contribution in [-0.2, 0) is 14.4 Å². The van der Waals surface area contributed by atoms with Crippen molar-refractivity contribution < 1.29 is 28.6 Å². The average molecular weight is 467 g/mol. The Morgan fingerprint density at radius 3 is 2.61 bits per heavy atom. The highest BCUT2D eigenvalue weighted by atomic mass is 35.5. The number of methoxy groups -OCH3 is 1. The van der Waals surface area contributed by atoms with E-state index in [1.54, 1.807) is 42.5 Å². The lowest BCUT2D eigenvalue weighted by molar-refractivity contribution is -0.132. The number of aliphatic hydroxyl groups is 1. The minimum absolute atomic E-state index is 0.137. The second-order valence-electron chi connectivity index (χ2n) is 7.26. The number of carbonyl (C=O) groups is 3. The molecule has 0 radical (unpaired) electrons. The summed E-state index contributed by atoms with van der Waals surface area (Å²) in [6.07, 6.45) is 1.40. The Morgan fingerprint density at radius 2 is 1.94 bits per heavy atom. The van der Waals surface area contributed by atoms with Gasteiger partial charge in [-0.05, 0) is 48.5 Å². The molecule has 2 N–H and O–H groups in total. The maximum absolute atomic E-state index is 13.1. The van der Waals surface area contributed by atoms with Crippen LogP contribution in [0.15, 0.2) is 70.9 Å². The highest BCUT2D eigenvalue weighted by Crippen LogP contribution is 2.43. The van der Waals surface area contributed by atoms with Crippen LogP contribution in [0.1, 0.15) is 24.3 Å². The van der Waals surface area contributed by atoms with Crippen LogP contribution in [-0.4, -0.2) is 29.8 Å². The minimum atomic E-state index is -1.06. The summed E-state index contributed by atoms with van der Waals surface area (Å²) < 4.78 is 10.7. The van der Waals surface area contributed by atoms with Gasteiger partial charge in [-0.3, -0.25) is 19.3 Å². The maximum Gasteiger partial charge on any atom is 0.300 e. The highest BCUT2D eigenvalue weighted by molar-refractivity contribution is 6.52. The maximum atomic E-state index is 13.1. The first-order chi connectivity index (χ1) is 15.8. The van der Waals surface area contributed by atoms with Gasteiger partial charge in [-0.25, -0.2) is 0 Å². The number of nitrogens with one attached hydrogen (secondary N) is 1. The molecule has 3 aromatic rings. The van der Waals surface area contributed by atoms with Crippen LogP contribution in [0.25, 0.3) is 5.76 Å². The number of benzene rings is 2. The van der Waals surface area contributed by atoms with E-state index in [9.17, 15) is 19.5 Å². The summed E-state index contributed by atoms with van der Waals surface area (Å²) >= 11 is 6.28. The smallest absolute Gasteiger partial charge is 0.300 e. The molecule has 2 aromatic carbocycles. The van der Waals surface area contributed by atoms with E-state index in [1.807, 2.05) is 0 Å². The van der Waals surface area contributed by atoms with E-state index in [2.05, 4.69) is 5.32 Å². The molecule has 1 fully saturated rings. The fourth-order valence-corrected chi connectivity index (χ4v) is 3.92. The molecule has 1 aliphatic heterocycles. The SMILES string of the molecule is COc1ccc(Cl)c(/C(O)=C2/C(=O)C(=O)N(c3cccc(NC(C)=O)c3)C2c2ccco2)c1. The number of Topliss-reactive ketones (excluding diaryl/α,β-unsaturated/α-hetero) is 1. The lowest BCUT2D eigenvalue weighted by Gasteiger charge is -2.24. The number of carbonyl (C=O) groups excluding carboxylic acids is 3. The summed E-state index contributed by atoms with van der Waals surface area (Å²) in [5.41, 5.74) is 0.726. The number of rotatable bonds is 5. The van der Waals surface area contributed by atoms with Gasteiger partial charge < -0.3 is 19.6 Å². The zero-order valence-electron chi connectivity index (χ0n) is 17.7. The van der Waals surface area contributed by atoms with Gasteiger partial charge in [0.2, 0.25) is 5.91 Å². The van der Waals surface area contributed by atoms with E-state index in [0.29, 0.717) is 17.1 Å². The quantitative estimate of drug-likeness (QED) is 0.325. The molecule has 0 aliphatic carbocycles. The van der Waals surface area contributed by atoms with Crippen molar-refractivity contribution >= 4 is 46.3 Å². The Bertz CT molecular complexity index is 1280. The molecule has 1 aromatic heterocycles. The molecule has 1 aliphatic rings. The van der Waals surface area contributed by atoms with Gasteiger partial charge in [-0.1, -0.05) is 17.7 Å². The molecule has 2 heterocycles. The molecule has 1 unspecified atom stereocenters. The molecule has 0 saturated carbocycles. The predicted octanol–water partition coefficient (Wildman–Crippen LogP) is 4.53. The van der Waals surface area contributed by atoms with Gasteiger partial charge >= 0.3 is 0 Å². The van der Waals surface area contributed by atoms with Crippen molar-refractivity contribution in [3.05, 3.63) is 82.8 Å². The third kappa shape index (κ3) is 4.08. The Hall–Kier alpha value is -4.04. The van der Waals surface area contributed by atoms with Crippen molar-refractivity contribution in [3.8, 4) is 5.75 Å². The van der Waals surface area contributed by atoms with Gasteiger partial charge in [0.05, 0.1) is 24.0 Å². The number of hydrogen-bond donors (Lipinski definition) is 2. The van der Waals surface area contributed by atoms with Gasteiger partial charge in [0.1, 0.15) is 23.3 Å². The molecule has 168 valence electrons. The molecule has 33 heavy (non-hydrogen) atoms. The van der Waals surface area contributed by atoms with Gasteiger partial charge in [-0.2, -0.15) is 0 Å². The zero-order valence-corrected chi connectivity index (χ0v) is 18.4. The van der Waals surface area contributed by atoms with Crippen molar-refractivity contribution in [1.82, 2.24) is 0 Å². The number of anilines is 2. The average Bonchev–Trinajstić information content (AvgIpc) is 3.40. The van der Waals surface area contributed by atoms with Crippen LogP contribution in [0.4, 0.5) is 11.4 Å². The largest absolute Gasteiger partial charge is 0.507 e. The second-order valence-corrected chi connectivity index (χ2v) is 7.67. The predicted molar refractivity (Wildman–Crippen MR) is 122 cm³/mol. The van der Waals surface area contributed by atoms with Gasteiger partial charge in [0.15, 0.2) is 0 Å². The van der Waals surface area contributed by atoms with Crippen molar-refractivity contribution in [3.63, 3.8) is 0 Å². The number of ether oxygens (including phenoxy) is 1. The number of aliphatic hydroxyl groups excluding tert-OH is 1. The van der Waals surface area contributed by atoms with Gasteiger partial charge in [0.25, 0.3) is 11.7 Å². The normalized spacial score (nSPS) is 17.3. The first-order valence-corrected chi connectivity index (χ1v) is 10.3. The molecule has 9 heteroatoms. The molecule has 8 nitrogen and oxygen atoms in total. The minimum Gasteiger partial charge on any atom is -0.507 e. The number of ketones is 1. The van der Waals surface area contributed by atoms with E-state index in [0.717, 1.165) is 0 Å². The number of amides is 2. The molecule has 2 amide bonds. The number of halogens is 1. The van der Waals surface area contributed by atoms with E-state index in [1.165, 1.54) is 37.3 Å². The van der Waals surface area contributed by atoms with Crippen LogP contribution in [0.3, 0.4) is 0 Å². The number of furan rings is 1. The van der Waals surface area contributed by atoms with Crippen LogP contribution in [0.5, 0.6) is 5.75 Å². The molecule has 0 spiro atoms. The topological polar surface area (TPSA) is 109 Å². The first kappa shape index (κ1) is 22.2. The summed E-state index contributed by atoms with van der Waals surface area (Å²) in [5, 5.41) is 14.0. The lowest BCUT2D eigenvalue weighted by atomic mass is 9.99. The number of nitrogens with zero attached hydrogens (tertiary/aromatic N) is 1. The lowest BCUT2D eigenvalue weighted by Crippen LogP contribution is -2.29. The van der Waals surface area contributed by atoms with Gasteiger partial charge in [-0.15, -0.1) is 0 Å². The summed E-state index contributed by atoms with van der Waals surface area (Å²) in [6.45, 7) is 1.36. The van der Waals surface area contributed by atoms with Crippen molar-refractivity contribution in [1.29, 1.82) is 0 Å². The standard InChI is InChI=1S/C24H19ClN2O6/c1-13(28)26-14-5-3-6-15(11-14)27-21(19-7-4-10-33-19)20(23(30)24(27)31)22(29)17-12-16(32-2)8-9-18(17)25/h3-12,21,29H,1-2H3,(H,26,28)/b22-20-. The number of hydrogen-bond acceptors (Lipinski definition) is 6. The Labute approximate surface area is 194 Å².